The molecule has 114 valence electrons. The average Bonchev–Trinajstić information content (AvgIpc) is 2.97. The molecule has 0 spiro atoms. The van der Waals surface area contributed by atoms with Crippen molar-refractivity contribution in [2.75, 3.05) is 11.5 Å². The highest BCUT2D eigenvalue weighted by Crippen LogP contribution is 2.42. The fourth-order valence-corrected chi connectivity index (χ4v) is 4.66. The molecule has 6 heteroatoms. The zero-order chi connectivity index (χ0) is 15.1. The van der Waals surface area contributed by atoms with E-state index in [1.54, 1.807) is 18.2 Å². The SMILES string of the molecule is O=C1C2CSCC1CC(c1nc(-c3ccccc3F)no1)C2. The first kappa shape index (κ1) is 13.9. The first-order chi connectivity index (χ1) is 10.7. The van der Waals surface area contributed by atoms with Gasteiger partial charge in [-0.2, -0.15) is 16.7 Å². The van der Waals surface area contributed by atoms with E-state index in [2.05, 4.69) is 10.1 Å². The third kappa shape index (κ3) is 2.35. The fraction of sp³-hybridized carbons (Fsp3) is 0.438. The number of ketones is 1. The van der Waals surface area contributed by atoms with Gasteiger partial charge in [-0.15, -0.1) is 0 Å². The number of thioether (sulfide) groups is 1. The summed E-state index contributed by atoms with van der Waals surface area (Å²) in [7, 11) is 0. The summed E-state index contributed by atoms with van der Waals surface area (Å²) in [6.07, 6.45) is 1.53. The van der Waals surface area contributed by atoms with Gasteiger partial charge >= 0.3 is 0 Å². The first-order valence-corrected chi connectivity index (χ1v) is 8.58. The van der Waals surface area contributed by atoms with Crippen LogP contribution in [-0.2, 0) is 4.79 Å². The fourth-order valence-electron chi connectivity index (χ4n) is 3.36. The van der Waals surface area contributed by atoms with Crippen LogP contribution in [-0.4, -0.2) is 27.4 Å². The number of carbonyl (C=O) groups is 1. The minimum Gasteiger partial charge on any atom is -0.339 e. The smallest absolute Gasteiger partial charge is 0.230 e. The topological polar surface area (TPSA) is 56.0 Å². The standard InChI is InChI=1S/C16H15FN2O2S/c17-13-4-2-1-3-12(13)15-18-16(21-19-15)9-5-10-7-22-8-11(6-9)14(10)20/h1-4,9-11H,5-8H2. The molecule has 2 bridgehead atoms. The van der Waals surface area contributed by atoms with E-state index in [0.717, 1.165) is 24.3 Å². The summed E-state index contributed by atoms with van der Waals surface area (Å²) in [4.78, 5) is 16.5. The van der Waals surface area contributed by atoms with Crippen molar-refractivity contribution in [2.24, 2.45) is 11.8 Å². The Bertz CT molecular complexity index is 702. The molecule has 1 aromatic heterocycles. The normalized spacial score (nSPS) is 27.9. The molecule has 22 heavy (non-hydrogen) atoms. The van der Waals surface area contributed by atoms with Gasteiger partial charge in [0.1, 0.15) is 11.6 Å². The van der Waals surface area contributed by atoms with Crippen molar-refractivity contribution in [3.8, 4) is 11.4 Å². The van der Waals surface area contributed by atoms with Crippen LogP contribution in [0.3, 0.4) is 0 Å². The predicted molar refractivity (Wildman–Crippen MR) is 81.0 cm³/mol. The van der Waals surface area contributed by atoms with Crippen molar-refractivity contribution in [1.29, 1.82) is 0 Å². The van der Waals surface area contributed by atoms with Crippen LogP contribution < -0.4 is 0 Å². The Morgan fingerprint density at radius 3 is 2.59 bits per heavy atom. The monoisotopic (exact) mass is 318 g/mol. The van der Waals surface area contributed by atoms with E-state index in [1.165, 1.54) is 6.07 Å². The van der Waals surface area contributed by atoms with Gasteiger partial charge in [-0.25, -0.2) is 4.39 Å². The van der Waals surface area contributed by atoms with Gasteiger partial charge in [0.25, 0.3) is 0 Å². The molecular weight excluding hydrogens is 303 g/mol. The first-order valence-electron chi connectivity index (χ1n) is 7.42. The van der Waals surface area contributed by atoms with Crippen LogP contribution in [0.2, 0.25) is 0 Å². The molecule has 4 nitrogen and oxygen atoms in total. The minimum absolute atomic E-state index is 0.103. The van der Waals surface area contributed by atoms with Gasteiger partial charge < -0.3 is 4.52 Å². The van der Waals surface area contributed by atoms with Crippen LogP contribution in [0.15, 0.2) is 28.8 Å². The summed E-state index contributed by atoms with van der Waals surface area (Å²) < 4.78 is 19.2. The lowest BCUT2D eigenvalue weighted by molar-refractivity contribution is -0.128. The molecule has 1 aliphatic heterocycles. The van der Waals surface area contributed by atoms with E-state index in [0.29, 0.717) is 17.2 Å². The Balaban J connectivity index is 1.60. The van der Waals surface area contributed by atoms with Crippen LogP contribution in [0.5, 0.6) is 0 Å². The number of Topliss-reactive ketones (excluding diaryl/α,β-unsaturated/α-hetero) is 1. The third-order valence-corrected chi connectivity index (χ3v) is 5.76. The zero-order valence-corrected chi connectivity index (χ0v) is 12.7. The number of rotatable bonds is 2. The maximum atomic E-state index is 13.8. The molecule has 0 radical (unpaired) electrons. The van der Waals surface area contributed by atoms with Gasteiger partial charge in [0.05, 0.1) is 5.56 Å². The highest BCUT2D eigenvalue weighted by atomic mass is 32.2. The summed E-state index contributed by atoms with van der Waals surface area (Å²) in [6.45, 7) is 0. The summed E-state index contributed by atoms with van der Waals surface area (Å²) in [5.74, 6) is 2.95. The van der Waals surface area contributed by atoms with Crippen LogP contribution in [0.25, 0.3) is 11.4 Å². The Labute approximate surface area is 131 Å². The van der Waals surface area contributed by atoms with Crippen molar-refractivity contribution >= 4 is 17.5 Å². The molecule has 2 atom stereocenters. The highest BCUT2D eigenvalue weighted by Gasteiger charge is 2.41. The van der Waals surface area contributed by atoms with Crippen molar-refractivity contribution < 1.29 is 13.7 Å². The second kappa shape index (κ2) is 5.50. The van der Waals surface area contributed by atoms with Gasteiger partial charge in [0.15, 0.2) is 0 Å². The number of fused-ring (bicyclic) bond motifs is 2. The highest BCUT2D eigenvalue weighted by molar-refractivity contribution is 7.99. The summed E-state index contributed by atoms with van der Waals surface area (Å²) >= 11 is 1.85. The maximum absolute atomic E-state index is 13.8. The van der Waals surface area contributed by atoms with Crippen molar-refractivity contribution in [3.63, 3.8) is 0 Å². The molecule has 0 N–H and O–H groups in total. The molecule has 1 saturated heterocycles. The van der Waals surface area contributed by atoms with Crippen LogP contribution in [0.1, 0.15) is 24.7 Å². The lowest BCUT2D eigenvalue weighted by Gasteiger charge is -2.35. The number of hydrogen-bond donors (Lipinski definition) is 0. The average molecular weight is 318 g/mol. The number of halogens is 1. The van der Waals surface area contributed by atoms with Crippen LogP contribution in [0, 0.1) is 17.7 Å². The number of hydrogen-bond acceptors (Lipinski definition) is 5. The Hall–Kier alpha value is -1.69. The predicted octanol–water partition coefficient (Wildman–Crippen LogP) is 3.30. The van der Waals surface area contributed by atoms with E-state index in [1.807, 2.05) is 11.8 Å². The summed E-state index contributed by atoms with van der Waals surface area (Å²) in [5, 5.41) is 3.92. The van der Waals surface area contributed by atoms with Crippen molar-refractivity contribution in [3.05, 3.63) is 36.0 Å². The zero-order valence-electron chi connectivity index (χ0n) is 11.9. The molecule has 1 aliphatic carbocycles. The Kier molecular flexibility index (Phi) is 3.48. The van der Waals surface area contributed by atoms with Gasteiger partial charge in [-0.3, -0.25) is 4.79 Å². The number of nitrogens with zero attached hydrogens (tertiary/aromatic N) is 2. The number of aromatic nitrogens is 2. The lowest BCUT2D eigenvalue weighted by atomic mass is 9.75. The van der Waals surface area contributed by atoms with E-state index in [9.17, 15) is 9.18 Å². The van der Waals surface area contributed by atoms with Gasteiger partial charge in [-0.05, 0) is 25.0 Å². The molecule has 1 aromatic carbocycles. The Morgan fingerprint density at radius 2 is 1.86 bits per heavy atom. The van der Waals surface area contributed by atoms with Gasteiger partial charge in [-0.1, -0.05) is 17.3 Å². The van der Waals surface area contributed by atoms with Crippen LogP contribution in [0.4, 0.5) is 4.39 Å². The van der Waals surface area contributed by atoms with Gasteiger partial charge in [0.2, 0.25) is 11.7 Å². The second-order valence-corrected chi connectivity index (χ2v) is 7.01. The molecule has 2 fully saturated rings. The number of benzene rings is 1. The molecule has 2 aliphatic rings. The van der Waals surface area contributed by atoms with E-state index < -0.39 is 0 Å². The van der Waals surface area contributed by atoms with E-state index in [4.69, 9.17) is 4.52 Å². The molecule has 2 heterocycles. The maximum Gasteiger partial charge on any atom is 0.230 e. The molecule has 0 amide bonds. The molecule has 2 aromatic rings. The molecular formula is C16H15FN2O2S. The minimum atomic E-state index is -0.359. The van der Waals surface area contributed by atoms with Crippen LogP contribution >= 0.6 is 11.8 Å². The largest absolute Gasteiger partial charge is 0.339 e. The molecule has 4 rings (SSSR count). The second-order valence-electron chi connectivity index (χ2n) is 5.94. The lowest BCUT2D eigenvalue weighted by Crippen LogP contribution is -2.38. The quantitative estimate of drug-likeness (QED) is 0.850. The van der Waals surface area contributed by atoms with Gasteiger partial charge in [0, 0.05) is 29.3 Å². The molecule has 1 saturated carbocycles. The van der Waals surface area contributed by atoms with Crippen molar-refractivity contribution in [1.82, 2.24) is 10.1 Å². The summed E-state index contributed by atoms with van der Waals surface area (Å²) in [5.41, 5.74) is 0.347. The molecule has 2 unspecified atom stereocenters. The van der Waals surface area contributed by atoms with E-state index in [-0.39, 0.29) is 29.4 Å². The number of carbonyl (C=O) groups excluding carboxylic acids is 1. The van der Waals surface area contributed by atoms with Crippen molar-refractivity contribution in [2.45, 2.75) is 18.8 Å². The van der Waals surface area contributed by atoms with E-state index >= 15 is 0 Å². The third-order valence-electron chi connectivity index (χ3n) is 4.49. The summed E-state index contributed by atoms with van der Waals surface area (Å²) in [6, 6.07) is 6.40. The Morgan fingerprint density at radius 1 is 1.14 bits per heavy atom.